The molecule has 0 aliphatic rings. The molecule has 0 bridgehead atoms. The van der Waals surface area contributed by atoms with Gasteiger partial charge >= 0.3 is 11.9 Å². The molecular weight excluding hydrogens is 400 g/mol. The van der Waals surface area contributed by atoms with E-state index in [1.165, 1.54) is 12.2 Å². The van der Waals surface area contributed by atoms with Crippen LogP contribution in [0.25, 0.3) is 0 Å². The Balaban J connectivity index is 4.61. The Hall–Kier alpha value is -3.40. The Labute approximate surface area is 193 Å². The molecule has 0 unspecified atom stereocenters. The Kier molecular flexibility index (Phi) is 16.4. The molecule has 0 atom stereocenters. The minimum Gasteiger partial charge on any atom is -0.463 e. The summed E-state index contributed by atoms with van der Waals surface area (Å²) in [5.41, 5.74) is 3.88. The van der Waals surface area contributed by atoms with Crippen molar-refractivity contribution in [3.8, 4) is 0 Å². The first-order valence-electron chi connectivity index (χ1n) is 10.7. The Morgan fingerprint density at radius 3 is 1.16 bits per heavy atom. The van der Waals surface area contributed by atoms with Crippen LogP contribution in [-0.4, -0.2) is 25.2 Å². The number of allylic oxidation sites excluding steroid dienone is 16. The molecule has 4 nitrogen and oxygen atoms in total. The summed E-state index contributed by atoms with van der Waals surface area (Å²) in [6, 6.07) is 0. The predicted molar refractivity (Wildman–Crippen MR) is 134 cm³/mol. The molecule has 4 heteroatoms. The molecule has 0 amide bonds. The third kappa shape index (κ3) is 17.5. The highest BCUT2D eigenvalue weighted by Gasteiger charge is 1.95. The van der Waals surface area contributed by atoms with Crippen molar-refractivity contribution in [2.24, 2.45) is 0 Å². The van der Waals surface area contributed by atoms with Gasteiger partial charge in [0.1, 0.15) is 0 Å². The van der Waals surface area contributed by atoms with Crippen LogP contribution in [0.15, 0.2) is 107 Å². The molecule has 0 aromatic carbocycles. The van der Waals surface area contributed by atoms with E-state index in [1.807, 2.05) is 101 Å². The van der Waals surface area contributed by atoms with Gasteiger partial charge in [-0.15, -0.1) is 0 Å². The van der Waals surface area contributed by atoms with Crippen LogP contribution in [0.5, 0.6) is 0 Å². The molecular formula is C28H36O4. The summed E-state index contributed by atoms with van der Waals surface area (Å²) < 4.78 is 9.74. The highest BCUT2D eigenvalue weighted by molar-refractivity contribution is 5.83. The summed E-state index contributed by atoms with van der Waals surface area (Å²) >= 11 is 0. The second-order valence-corrected chi connectivity index (χ2v) is 6.92. The molecule has 0 heterocycles. The lowest BCUT2D eigenvalue weighted by Gasteiger charge is -1.95. The molecule has 0 rings (SSSR count). The maximum Gasteiger partial charge on any atom is 0.330 e. The van der Waals surface area contributed by atoms with Crippen LogP contribution in [0.3, 0.4) is 0 Å². The van der Waals surface area contributed by atoms with Crippen molar-refractivity contribution in [2.75, 3.05) is 13.2 Å². The first-order valence-corrected chi connectivity index (χ1v) is 10.7. The van der Waals surface area contributed by atoms with Crippen LogP contribution < -0.4 is 0 Å². The molecule has 0 aliphatic heterocycles. The first kappa shape index (κ1) is 28.6. The van der Waals surface area contributed by atoms with E-state index in [0.717, 1.165) is 22.3 Å². The third-order valence-electron chi connectivity index (χ3n) is 3.75. The molecule has 0 aliphatic carbocycles. The zero-order chi connectivity index (χ0) is 24.2. The van der Waals surface area contributed by atoms with E-state index in [1.54, 1.807) is 13.8 Å². The Morgan fingerprint density at radius 2 is 0.844 bits per heavy atom. The quantitative estimate of drug-likeness (QED) is 0.194. The number of hydrogen-bond acceptors (Lipinski definition) is 4. The minimum absolute atomic E-state index is 0.324. The third-order valence-corrected chi connectivity index (χ3v) is 3.75. The van der Waals surface area contributed by atoms with E-state index < -0.39 is 0 Å². The monoisotopic (exact) mass is 436 g/mol. The molecule has 32 heavy (non-hydrogen) atoms. The zero-order valence-electron chi connectivity index (χ0n) is 20.1. The standard InChI is InChI=1S/C28H36O4/c1-7-31-27(29)21-25(5)19-13-11-17-23(3)15-9-10-16-24(4)18-12-14-20-26(6)22-28(30)32-8-2/h9-22H,7-8H2,1-6H3. The van der Waals surface area contributed by atoms with Crippen LogP contribution in [0.4, 0.5) is 0 Å². The summed E-state index contributed by atoms with van der Waals surface area (Å²) in [6.07, 6.45) is 26.3. The van der Waals surface area contributed by atoms with Gasteiger partial charge in [0.2, 0.25) is 0 Å². The first-order chi connectivity index (χ1) is 15.3. The number of rotatable bonds is 12. The lowest BCUT2D eigenvalue weighted by atomic mass is 10.2. The lowest BCUT2D eigenvalue weighted by molar-refractivity contribution is -0.138. The maximum atomic E-state index is 11.3. The number of esters is 2. The van der Waals surface area contributed by atoms with E-state index in [-0.39, 0.29) is 11.9 Å². The van der Waals surface area contributed by atoms with Crippen molar-refractivity contribution >= 4 is 11.9 Å². The smallest absolute Gasteiger partial charge is 0.330 e. The van der Waals surface area contributed by atoms with Gasteiger partial charge in [-0.2, -0.15) is 0 Å². The van der Waals surface area contributed by atoms with Crippen LogP contribution in [0, 0.1) is 0 Å². The molecule has 0 saturated heterocycles. The fourth-order valence-corrected chi connectivity index (χ4v) is 2.19. The second kappa shape index (κ2) is 18.4. The van der Waals surface area contributed by atoms with Gasteiger partial charge in [-0.05, 0) is 52.7 Å². The largest absolute Gasteiger partial charge is 0.463 e. The molecule has 0 radical (unpaired) electrons. The topological polar surface area (TPSA) is 52.6 Å². The Bertz CT molecular complexity index is 797. The van der Waals surface area contributed by atoms with Gasteiger partial charge < -0.3 is 9.47 Å². The van der Waals surface area contributed by atoms with Crippen LogP contribution in [-0.2, 0) is 19.1 Å². The van der Waals surface area contributed by atoms with Gasteiger partial charge in [-0.1, -0.05) is 84.1 Å². The molecule has 0 aromatic rings. The highest BCUT2D eigenvalue weighted by atomic mass is 16.5. The predicted octanol–water partition coefficient (Wildman–Crippen LogP) is 6.68. The van der Waals surface area contributed by atoms with Gasteiger partial charge in [0.25, 0.3) is 0 Å². The van der Waals surface area contributed by atoms with E-state index in [2.05, 4.69) is 0 Å². The van der Waals surface area contributed by atoms with E-state index in [0.29, 0.717) is 13.2 Å². The van der Waals surface area contributed by atoms with Gasteiger partial charge in [0.15, 0.2) is 0 Å². The summed E-state index contributed by atoms with van der Waals surface area (Å²) in [5.74, 6) is -0.648. The molecule has 0 fully saturated rings. The average molecular weight is 437 g/mol. The summed E-state index contributed by atoms with van der Waals surface area (Å²) in [6.45, 7) is 12.1. The van der Waals surface area contributed by atoms with Gasteiger partial charge in [0, 0.05) is 12.2 Å². The fraction of sp³-hybridized carbons (Fsp3) is 0.286. The Morgan fingerprint density at radius 1 is 0.531 bits per heavy atom. The van der Waals surface area contributed by atoms with Crippen molar-refractivity contribution < 1.29 is 19.1 Å². The molecule has 0 N–H and O–H groups in total. The van der Waals surface area contributed by atoms with E-state index >= 15 is 0 Å². The minimum atomic E-state index is -0.324. The van der Waals surface area contributed by atoms with Gasteiger partial charge in [-0.25, -0.2) is 9.59 Å². The summed E-state index contributed by atoms with van der Waals surface area (Å²) in [5, 5.41) is 0. The van der Waals surface area contributed by atoms with Crippen molar-refractivity contribution in [3.05, 3.63) is 107 Å². The number of ether oxygens (including phenoxy) is 2. The van der Waals surface area contributed by atoms with Crippen LogP contribution >= 0.6 is 0 Å². The average Bonchev–Trinajstić information content (AvgIpc) is 2.72. The normalized spacial score (nSPS) is 14.6. The van der Waals surface area contributed by atoms with Crippen molar-refractivity contribution in [2.45, 2.75) is 41.5 Å². The molecule has 172 valence electrons. The number of carbonyl (C=O) groups excluding carboxylic acids is 2. The van der Waals surface area contributed by atoms with Crippen molar-refractivity contribution in [3.63, 3.8) is 0 Å². The highest BCUT2D eigenvalue weighted by Crippen LogP contribution is 2.02. The summed E-state index contributed by atoms with van der Waals surface area (Å²) in [4.78, 5) is 22.7. The maximum absolute atomic E-state index is 11.3. The molecule has 0 spiro atoms. The fourth-order valence-electron chi connectivity index (χ4n) is 2.19. The van der Waals surface area contributed by atoms with Crippen LogP contribution in [0.2, 0.25) is 0 Å². The van der Waals surface area contributed by atoms with Gasteiger partial charge in [-0.3, -0.25) is 0 Å². The SMILES string of the molecule is CCOC(=O)C=C(C)C=CC=CC(C)=CC=CC=C(C)C=CC=CC(C)=CC(=O)OCC. The second-order valence-electron chi connectivity index (χ2n) is 6.92. The molecule has 0 saturated carbocycles. The zero-order valence-corrected chi connectivity index (χ0v) is 20.1. The van der Waals surface area contributed by atoms with E-state index in [9.17, 15) is 9.59 Å². The van der Waals surface area contributed by atoms with E-state index in [4.69, 9.17) is 9.47 Å². The van der Waals surface area contributed by atoms with Crippen molar-refractivity contribution in [1.29, 1.82) is 0 Å². The lowest BCUT2D eigenvalue weighted by Crippen LogP contribution is -1.99. The van der Waals surface area contributed by atoms with Crippen molar-refractivity contribution in [1.82, 2.24) is 0 Å². The number of hydrogen-bond donors (Lipinski definition) is 0. The number of carbonyl (C=O) groups is 2. The van der Waals surface area contributed by atoms with Crippen LogP contribution in [0.1, 0.15) is 41.5 Å². The summed E-state index contributed by atoms with van der Waals surface area (Å²) in [7, 11) is 0. The van der Waals surface area contributed by atoms with Gasteiger partial charge in [0.05, 0.1) is 13.2 Å². The molecule has 0 aromatic heterocycles.